The van der Waals surface area contributed by atoms with Gasteiger partial charge in [0.2, 0.25) is 0 Å². The summed E-state index contributed by atoms with van der Waals surface area (Å²) in [5.74, 6) is 0.513. The molecule has 2 aromatic rings. The van der Waals surface area contributed by atoms with Gasteiger partial charge in [0.1, 0.15) is 11.6 Å². The molecule has 0 amide bonds. The molecule has 2 aromatic carbocycles. The summed E-state index contributed by atoms with van der Waals surface area (Å²) in [6.07, 6.45) is 6.56. The van der Waals surface area contributed by atoms with E-state index >= 15 is 0 Å². The molecule has 0 bridgehead atoms. The van der Waals surface area contributed by atoms with Gasteiger partial charge >= 0.3 is 19.5 Å². The summed E-state index contributed by atoms with van der Waals surface area (Å²) in [5, 5.41) is 0. The molecule has 0 aliphatic rings. The van der Waals surface area contributed by atoms with Gasteiger partial charge in [0.15, 0.2) is 5.78 Å². The van der Waals surface area contributed by atoms with Gasteiger partial charge in [-0.1, -0.05) is 99.7 Å². The summed E-state index contributed by atoms with van der Waals surface area (Å²) in [6.45, 7) is 18.8. The number of carbonyl (C=O) groups is 3. The van der Waals surface area contributed by atoms with Crippen molar-refractivity contribution in [3.05, 3.63) is 97.4 Å². The normalized spacial score (nSPS) is 9.84. The number of ketones is 3. The van der Waals surface area contributed by atoms with E-state index in [1.54, 1.807) is 13.8 Å². The molecule has 4 heteroatoms. The van der Waals surface area contributed by atoms with Crippen molar-refractivity contribution in [2.24, 2.45) is 5.92 Å². The number of Topliss-reactive ketones (excluding diaryl/α,β-unsaturated/α-hetero) is 3. The fraction of sp³-hybridized carbons (Fsp3) is 0.394. The molecular formula is C33H49O3Ru. The Morgan fingerprint density at radius 3 is 1.65 bits per heavy atom. The minimum atomic E-state index is 0. The average molecular weight is 595 g/mol. The molecule has 207 valence electrons. The second kappa shape index (κ2) is 26.6. The number of hydrogen-bond acceptors (Lipinski definition) is 3. The predicted molar refractivity (Wildman–Crippen MR) is 158 cm³/mol. The van der Waals surface area contributed by atoms with Crippen molar-refractivity contribution < 1.29 is 33.9 Å². The van der Waals surface area contributed by atoms with Crippen molar-refractivity contribution in [2.75, 3.05) is 0 Å². The largest absolute Gasteiger partial charge is 1.00 e. The van der Waals surface area contributed by atoms with Crippen LogP contribution in [0, 0.1) is 13.3 Å². The monoisotopic (exact) mass is 595 g/mol. The molecule has 0 heterocycles. The van der Waals surface area contributed by atoms with Gasteiger partial charge in [-0.05, 0) is 58.6 Å². The molecule has 0 aromatic heterocycles. The second-order valence-electron chi connectivity index (χ2n) is 8.14. The molecule has 1 atom stereocenters. The number of rotatable bonds is 9. The Labute approximate surface area is 240 Å². The van der Waals surface area contributed by atoms with Crippen LogP contribution >= 0.6 is 0 Å². The zero-order valence-corrected chi connectivity index (χ0v) is 26.3. The first kappa shape index (κ1) is 41.7. The summed E-state index contributed by atoms with van der Waals surface area (Å²) in [7, 11) is 0. The van der Waals surface area contributed by atoms with Crippen LogP contribution in [0.5, 0.6) is 0 Å². The first-order valence-corrected chi connectivity index (χ1v) is 12.5. The average Bonchev–Trinajstić information content (AvgIpc) is 2.88. The maximum atomic E-state index is 11.8. The van der Waals surface area contributed by atoms with E-state index in [0.717, 1.165) is 23.1 Å². The van der Waals surface area contributed by atoms with Crippen LogP contribution in [0.3, 0.4) is 0 Å². The molecule has 0 N–H and O–H groups in total. The van der Waals surface area contributed by atoms with E-state index in [-0.39, 0.29) is 50.2 Å². The van der Waals surface area contributed by atoms with Crippen LogP contribution in [0.15, 0.2) is 73.3 Å². The molecular weight excluding hydrogens is 545 g/mol. The van der Waals surface area contributed by atoms with Gasteiger partial charge in [0.25, 0.3) is 0 Å². The first-order chi connectivity index (χ1) is 16.6. The van der Waals surface area contributed by atoms with E-state index in [9.17, 15) is 14.4 Å². The van der Waals surface area contributed by atoms with Gasteiger partial charge in [-0.3, -0.25) is 9.59 Å². The zero-order valence-electron chi connectivity index (χ0n) is 24.5. The molecule has 0 aliphatic carbocycles. The third-order valence-corrected chi connectivity index (χ3v) is 5.08. The molecule has 0 fully saturated rings. The number of benzene rings is 2. The summed E-state index contributed by atoms with van der Waals surface area (Å²) in [4.78, 5) is 33.8. The predicted octanol–water partition coefficient (Wildman–Crippen LogP) is 9.17. The third-order valence-electron chi connectivity index (χ3n) is 5.08. The Bertz CT molecular complexity index is 877. The minimum Gasteiger partial charge on any atom is -0.358 e. The third kappa shape index (κ3) is 21.4. The van der Waals surface area contributed by atoms with Crippen LogP contribution in [0.4, 0.5) is 0 Å². The van der Waals surface area contributed by atoms with E-state index < -0.39 is 0 Å². The second-order valence-corrected chi connectivity index (χ2v) is 8.14. The van der Waals surface area contributed by atoms with Crippen LogP contribution in [0.25, 0.3) is 5.57 Å². The van der Waals surface area contributed by atoms with Crippen molar-refractivity contribution in [1.29, 1.82) is 0 Å². The standard InChI is InChI=1S/C15H20O2.C11H12O.C4H8.C2H6.CH3.Ru/c1-12(8-9-13(2)16)15(17)11-10-14-6-4-3-5-7-14;1-8(2)10-6-4-5-7-11(10)9(3)12;1-3-4-2;1-2;;/h3-7,12H,8-11H2,1-2H3;4-7H,1H2,2-3H3;3-4H,1-2H3;1-2H3;1H3;/q;;;;-1;+1/b;;4-3-;;;. The molecule has 1 unspecified atom stereocenters. The summed E-state index contributed by atoms with van der Waals surface area (Å²) >= 11 is 0. The zero-order chi connectivity index (χ0) is 27.2. The number of allylic oxidation sites excluding steroid dienone is 3. The maximum absolute atomic E-state index is 11.8. The number of aryl methyl sites for hydroxylation is 1. The van der Waals surface area contributed by atoms with Gasteiger partial charge in [-0.15, -0.1) is 0 Å². The van der Waals surface area contributed by atoms with Crippen LogP contribution < -0.4 is 0 Å². The van der Waals surface area contributed by atoms with Crippen molar-refractivity contribution in [3.8, 4) is 0 Å². The van der Waals surface area contributed by atoms with Crippen molar-refractivity contribution >= 4 is 22.9 Å². The van der Waals surface area contributed by atoms with Crippen molar-refractivity contribution in [2.45, 2.75) is 81.1 Å². The van der Waals surface area contributed by atoms with Crippen molar-refractivity contribution in [3.63, 3.8) is 0 Å². The van der Waals surface area contributed by atoms with Crippen LogP contribution in [-0.2, 0) is 35.5 Å². The van der Waals surface area contributed by atoms with Gasteiger partial charge in [0, 0.05) is 24.3 Å². The first-order valence-electron chi connectivity index (χ1n) is 12.5. The molecule has 0 aliphatic heterocycles. The fourth-order valence-corrected chi connectivity index (χ4v) is 2.90. The maximum Gasteiger partial charge on any atom is 1.00 e. The molecule has 0 spiro atoms. The van der Waals surface area contributed by atoms with E-state index in [1.165, 1.54) is 5.56 Å². The number of carbonyl (C=O) groups excluding carboxylic acids is 3. The molecule has 2 rings (SSSR count). The summed E-state index contributed by atoms with van der Waals surface area (Å²) in [6, 6.07) is 17.5. The van der Waals surface area contributed by atoms with E-state index in [1.807, 2.05) is 108 Å². The fourth-order valence-electron chi connectivity index (χ4n) is 2.90. The Balaban J connectivity index is -0.000000239. The van der Waals surface area contributed by atoms with Gasteiger partial charge < -0.3 is 12.2 Å². The Morgan fingerprint density at radius 2 is 1.27 bits per heavy atom. The Hall–Kier alpha value is -2.45. The van der Waals surface area contributed by atoms with E-state index in [4.69, 9.17) is 0 Å². The Kier molecular flexibility index (Phi) is 30.0. The van der Waals surface area contributed by atoms with Gasteiger partial charge in [-0.2, -0.15) is 0 Å². The molecule has 0 saturated carbocycles. The van der Waals surface area contributed by atoms with E-state index in [2.05, 4.69) is 6.58 Å². The van der Waals surface area contributed by atoms with Crippen LogP contribution in [0.1, 0.15) is 96.1 Å². The minimum absolute atomic E-state index is 0. The van der Waals surface area contributed by atoms with Crippen molar-refractivity contribution in [1.82, 2.24) is 0 Å². The van der Waals surface area contributed by atoms with E-state index in [0.29, 0.717) is 19.3 Å². The van der Waals surface area contributed by atoms with Gasteiger partial charge in [0.05, 0.1) is 0 Å². The topological polar surface area (TPSA) is 51.2 Å². The molecule has 1 radical (unpaired) electrons. The molecule has 37 heavy (non-hydrogen) atoms. The van der Waals surface area contributed by atoms with Crippen LogP contribution in [-0.4, -0.2) is 17.3 Å². The van der Waals surface area contributed by atoms with Crippen LogP contribution in [0.2, 0.25) is 0 Å². The quantitative estimate of drug-likeness (QED) is 0.126. The SMILES string of the molecule is C/C=C\C.C=C(C)c1ccccc1C(C)=O.CC.CC(=O)CCC(C)C(=O)CCc1ccccc1.[CH3-].[Ru+]. The summed E-state index contributed by atoms with van der Waals surface area (Å²) in [5.41, 5.74) is 3.83. The smallest absolute Gasteiger partial charge is 0.358 e. The number of hydrogen-bond donors (Lipinski definition) is 0. The Morgan fingerprint density at radius 1 is 0.811 bits per heavy atom. The molecule has 0 saturated heterocycles. The van der Waals surface area contributed by atoms with Gasteiger partial charge in [-0.25, -0.2) is 0 Å². The molecule has 3 nitrogen and oxygen atoms in total. The summed E-state index contributed by atoms with van der Waals surface area (Å²) < 4.78 is 0.